The molecule has 0 aromatic heterocycles. The van der Waals surface area contributed by atoms with Gasteiger partial charge in [-0.25, -0.2) is 0 Å². The highest BCUT2D eigenvalue weighted by Gasteiger charge is 2.14. The van der Waals surface area contributed by atoms with E-state index in [1.807, 2.05) is 27.7 Å². The zero-order valence-corrected chi connectivity index (χ0v) is 15.5. The van der Waals surface area contributed by atoms with E-state index in [9.17, 15) is 14.4 Å². The largest absolute Gasteiger partial charge is 0.456 e. The maximum absolute atomic E-state index is 12.3. The van der Waals surface area contributed by atoms with Crippen molar-refractivity contribution in [2.45, 2.75) is 40.5 Å². The zero-order valence-electron chi connectivity index (χ0n) is 15.5. The first-order valence-electron chi connectivity index (χ1n) is 8.72. The molecule has 1 rings (SSSR count). The number of nitrogens with zero attached hydrogens (tertiary/aromatic N) is 1. The predicted molar refractivity (Wildman–Crippen MR) is 97.4 cm³/mol. The van der Waals surface area contributed by atoms with Gasteiger partial charge in [0.15, 0.2) is 6.61 Å². The Morgan fingerprint density at radius 2 is 1.84 bits per heavy atom. The van der Waals surface area contributed by atoms with Crippen LogP contribution >= 0.6 is 0 Å². The van der Waals surface area contributed by atoms with E-state index < -0.39 is 5.91 Å². The van der Waals surface area contributed by atoms with Crippen molar-refractivity contribution in [1.82, 2.24) is 4.90 Å². The molecule has 0 radical (unpaired) electrons. The van der Waals surface area contributed by atoms with E-state index in [1.54, 1.807) is 29.2 Å². The minimum absolute atomic E-state index is 0.0822. The van der Waals surface area contributed by atoms with E-state index in [0.29, 0.717) is 36.7 Å². The number of carbonyl (C=O) groups excluding carboxylic acids is 3. The second-order valence-corrected chi connectivity index (χ2v) is 6.20. The van der Waals surface area contributed by atoms with Gasteiger partial charge in [0.25, 0.3) is 11.8 Å². The number of amides is 2. The lowest BCUT2D eigenvalue weighted by molar-refractivity contribution is -0.147. The first kappa shape index (κ1) is 20.7. The van der Waals surface area contributed by atoms with Crippen LogP contribution in [-0.4, -0.2) is 42.4 Å². The van der Waals surface area contributed by atoms with Crippen molar-refractivity contribution in [3.8, 4) is 0 Å². The first-order chi connectivity index (χ1) is 11.9. The van der Waals surface area contributed by atoms with Crippen LogP contribution in [0.25, 0.3) is 0 Å². The van der Waals surface area contributed by atoms with Crippen molar-refractivity contribution in [3.63, 3.8) is 0 Å². The van der Waals surface area contributed by atoms with Gasteiger partial charge in [-0.1, -0.05) is 19.9 Å². The molecular formula is C19H28N2O4. The number of hydrogen-bond acceptors (Lipinski definition) is 4. The number of esters is 1. The number of benzene rings is 1. The van der Waals surface area contributed by atoms with Crippen LogP contribution in [0, 0.1) is 5.92 Å². The van der Waals surface area contributed by atoms with E-state index in [1.165, 1.54) is 0 Å². The van der Waals surface area contributed by atoms with Gasteiger partial charge >= 0.3 is 5.97 Å². The molecule has 0 saturated carbocycles. The molecule has 0 aliphatic heterocycles. The highest BCUT2D eigenvalue weighted by molar-refractivity contribution is 5.97. The molecule has 1 N–H and O–H groups in total. The highest BCUT2D eigenvalue weighted by Crippen LogP contribution is 2.13. The van der Waals surface area contributed by atoms with Crippen LogP contribution < -0.4 is 5.32 Å². The fraction of sp³-hybridized carbons (Fsp3) is 0.526. The molecule has 1 aromatic carbocycles. The maximum atomic E-state index is 12.3. The molecule has 138 valence electrons. The molecular weight excluding hydrogens is 320 g/mol. The second kappa shape index (κ2) is 10.5. The second-order valence-electron chi connectivity index (χ2n) is 6.20. The molecule has 0 spiro atoms. The molecule has 0 aliphatic rings. The van der Waals surface area contributed by atoms with Gasteiger partial charge in [-0.2, -0.15) is 0 Å². The lowest BCUT2D eigenvalue weighted by atomic mass is 10.1. The molecule has 6 heteroatoms. The molecule has 0 bridgehead atoms. The number of ether oxygens (including phenoxy) is 1. The Balaban J connectivity index is 2.56. The molecule has 2 amide bonds. The predicted octanol–water partition coefficient (Wildman–Crippen LogP) is 3.09. The summed E-state index contributed by atoms with van der Waals surface area (Å²) in [7, 11) is 0. The van der Waals surface area contributed by atoms with Crippen LogP contribution in [0.2, 0.25) is 0 Å². The lowest BCUT2D eigenvalue weighted by Gasteiger charge is -2.19. The molecule has 25 heavy (non-hydrogen) atoms. The monoisotopic (exact) mass is 348 g/mol. The van der Waals surface area contributed by atoms with Crippen LogP contribution in [0.15, 0.2) is 24.3 Å². The van der Waals surface area contributed by atoms with Crippen molar-refractivity contribution in [1.29, 1.82) is 0 Å². The summed E-state index contributed by atoms with van der Waals surface area (Å²) in [5.74, 6) is -0.478. The summed E-state index contributed by atoms with van der Waals surface area (Å²) < 4.78 is 4.95. The molecule has 0 fully saturated rings. The fourth-order valence-corrected chi connectivity index (χ4v) is 2.25. The summed E-state index contributed by atoms with van der Waals surface area (Å²) in [6.45, 7) is 8.79. The number of nitrogens with one attached hydrogen (secondary N) is 1. The minimum Gasteiger partial charge on any atom is -0.456 e. The van der Waals surface area contributed by atoms with Gasteiger partial charge in [0.2, 0.25) is 0 Å². The van der Waals surface area contributed by atoms with Crippen molar-refractivity contribution in [2.75, 3.05) is 25.0 Å². The van der Waals surface area contributed by atoms with E-state index in [-0.39, 0.29) is 18.5 Å². The third-order valence-electron chi connectivity index (χ3n) is 3.73. The number of hydrogen-bond donors (Lipinski definition) is 1. The SMILES string of the molecule is CCN(CC)C(=O)c1cccc(NC(=O)COC(=O)CCC(C)C)c1. The van der Waals surface area contributed by atoms with Gasteiger partial charge in [0.1, 0.15) is 0 Å². The van der Waals surface area contributed by atoms with Gasteiger partial charge < -0.3 is 15.0 Å². The average molecular weight is 348 g/mol. The number of carbonyl (C=O) groups is 3. The Labute approximate surface area is 149 Å². The molecule has 0 atom stereocenters. The lowest BCUT2D eigenvalue weighted by Crippen LogP contribution is -2.30. The van der Waals surface area contributed by atoms with Gasteiger partial charge in [0.05, 0.1) is 0 Å². The first-order valence-corrected chi connectivity index (χ1v) is 8.72. The van der Waals surface area contributed by atoms with Crippen LogP contribution in [0.1, 0.15) is 50.9 Å². The normalized spacial score (nSPS) is 10.4. The molecule has 1 aromatic rings. The Morgan fingerprint density at radius 3 is 2.44 bits per heavy atom. The summed E-state index contributed by atoms with van der Waals surface area (Å²) in [6.07, 6.45) is 1.04. The molecule has 0 heterocycles. The average Bonchev–Trinajstić information content (AvgIpc) is 2.59. The molecule has 6 nitrogen and oxygen atoms in total. The third-order valence-corrected chi connectivity index (χ3v) is 3.73. The van der Waals surface area contributed by atoms with Gasteiger partial charge in [-0.15, -0.1) is 0 Å². The molecule has 0 saturated heterocycles. The van der Waals surface area contributed by atoms with Crippen molar-refractivity contribution in [3.05, 3.63) is 29.8 Å². The van der Waals surface area contributed by atoms with E-state index in [4.69, 9.17) is 4.74 Å². The minimum atomic E-state index is -0.426. The quantitative estimate of drug-likeness (QED) is 0.696. The Morgan fingerprint density at radius 1 is 1.16 bits per heavy atom. The number of rotatable bonds is 9. The van der Waals surface area contributed by atoms with Crippen molar-refractivity contribution >= 4 is 23.5 Å². The van der Waals surface area contributed by atoms with E-state index >= 15 is 0 Å². The van der Waals surface area contributed by atoms with Crippen LogP contribution in [0.4, 0.5) is 5.69 Å². The molecule has 0 aliphatic carbocycles. The van der Waals surface area contributed by atoms with Crippen LogP contribution in [0.5, 0.6) is 0 Å². The zero-order chi connectivity index (χ0) is 18.8. The number of anilines is 1. The highest BCUT2D eigenvalue weighted by atomic mass is 16.5. The van der Waals surface area contributed by atoms with Gasteiger partial charge in [-0.3, -0.25) is 14.4 Å². The summed E-state index contributed by atoms with van der Waals surface area (Å²) >= 11 is 0. The maximum Gasteiger partial charge on any atom is 0.306 e. The summed E-state index contributed by atoms with van der Waals surface area (Å²) in [6, 6.07) is 6.74. The fourth-order valence-electron chi connectivity index (χ4n) is 2.25. The Bertz CT molecular complexity index is 595. The Hall–Kier alpha value is -2.37. The summed E-state index contributed by atoms with van der Waals surface area (Å²) in [5, 5.41) is 2.65. The smallest absolute Gasteiger partial charge is 0.306 e. The van der Waals surface area contributed by atoms with E-state index in [0.717, 1.165) is 6.42 Å². The Kier molecular flexibility index (Phi) is 8.67. The van der Waals surface area contributed by atoms with Crippen LogP contribution in [0.3, 0.4) is 0 Å². The van der Waals surface area contributed by atoms with Crippen molar-refractivity contribution in [2.24, 2.45) is 5.92 Å². The standard InChI is InChI=1S/C19H28N2O4/c1-5-21(6-2)19(24)15-8-7-9-16(12-15)20-17(22)13-25-18(23)11-10-14(3)4/h7-9,12,14H,5-6,10-11,13H2,1-4H3,(H,20,22). The molecule has 0 unspecified atom stereocenters. The van der Waals surface area contributed by atoms with Crippen molar-refractivity contribution < 1.29 is 19.1 Å². The topological polar surface area (TPSA) is 75.7 Å². The summed E-state index contributed by atoms with van der Waals surface area (Å²) in [5.41, 5.74) is 1.01. The third kappa shape index (κ3) is 7.37. The van der Waals surface area contributed by atoms with Gasteiger partial charge in [-0.05, 0) is 44.4 Å². The van der Waals surface area contributed by atoms with Gasteiger partial charge in [0, 0.05) is 30.8 Å². The van der Waals surface area contributed by atoms with Crippen LogP contribution in [-0.2, 0) is 14.3 Å². The summed E-state index contributed by atoms with van der Waals surface area (Å²) in [4.78, 5) is 37.5. The van der Waals surface area contributed by atoms with E-state index in [2.05, 4.69) is 5.32 Å².